The molecule has 2 aromatic carbocycles. The van der Waals surface area contributed by atoms with Gasteiger partial charge in [0.25, 0.3) is 5.91 Å². The number of nitrogens with zero attached hydrogens (tertiary/aromatic N) is 1. The van der Waals surface area contributed by atoms with Gasteiger partial charge in [0.1, 0.15) is 0 Å². The molecule has 0 spiro atoms. The van der Waals surface area contributed by atoms with E-state index < -0.39 is 0 Å². The molecule has 1 amide bonds. The molecule has 0 radical (unpaired) electrons. The summed E-state index contributed by atoms with van der Waals surface area (Å²) in [7, 11) is 0. The third kappa shape index (κ3) is 4.61. The average Bonchev–Trinajstić information content (AvgIpc) is 2.48. The van der Waals surface area contributed by atoms with Gasteiger partial charge in [-0.25, -0.2) is 5.43 Å². The molecule has 0 bridgehead atoms. The number of benzene rings is 2. The van der Waals surface area contributed by atoms with E-state index >= 15 is 0 Å². The van der Waals surface area contributed by atoms with Crippen molar-refractivity contribution in [3.05, 3.63) is 64.7 Å². The number of amides is 1. The minimum atomic E-state index is -0.236. The summed E-state index contributed by atoms with van der Waals surface area (Å²) in [6, 6.07) is 15.1. The lowest BCUT2D eigenvalue weighted by molar-refractivity contribution is -0.119. The van der Waals surface area contributed by atoms with Crippen LogP contribution in [-0.4, -0.2) is 18.7 Å². The molecule has 2 N–H and O–H groups in total. The van der Waals surface area contributed by atoms with E-state index in [0.717, 1.165) is 16.8 Å². The summed E-state index contributed by atoms with van der Waals surface area (Å²) in [5.74, 6) is -0.236. The fourth-order valence-corrected chi connectivity index (χ4v) is 1.93. The predicted molar refractivity (Wildman–Crippen MR) is 86.9 cm³/mol. The molecule has 108 valence electrons. The molecule has 0 aromatic heterocycles. The minimum Gasteiger partial charge on any atom is -0.375 e. The molecule has 5 heteroatoms. The van der Waals surface area contributed by atoms with E-state index in [9.17, 15) is 4.79 Å². The highest BCUT2D eigenvalue weighted by molar-refractivity contribution is 6.33. The molecule has 21 heavy (non-hydrogen) atoms. The molecule has 4 nitrogen and oxygen atoms in total. The first-order valence-electron chi connectivity index (χ1n) is 6.53. The van der Waals surface area contributed by atoms with Crippen molar-refractivity contribution >= 4 is 29.4 Å². The number of nitrogens with one attached hydrogen (secondary N) is 2. The standard InChI is InChI=1S/C16H16ClN3O/c1-12-6-2-3-7-13(12)10-19-20-16(21)11-18-15-9-5-4-8-14(15)17/h2-10,18H,11H2,1H3,(H,20,21). The zero-order chi connectivity index (χ0) is 15.1. The van der Waals surface area contributed by atoms with Crippen molar-refractivity contribution in [1.29, 1.82) is 0 Å². The van der Waals surface area contributed by atoms with Crippen LogP contribution >= 0.6 is 11.6 Å². The van der Waals surface area contributed by atoms with Gasteiger partial charge in [0.05, 0.1) is 23.5 Å². The van der Waals surface area contributed by atoms with E-state index in [1.807, 2.05) is 49.4 Å². The molecule has 0 atom stereocenters. The summed E-state index contributed by atoms with van der Waals surface area (Å²) < 4.78 is 0. The number of carbonyl (C=O) groups excluding carboxylic acids is 1. The Kier molecular flexibility index (Phi) is 5.35. The predicted octanol–water partition coefficient (Wildman–Crippen LogP) is 3.21. The van der Waals surface area contributed by atoms with Crippen LogP contribution in [0.15, 0.2) is 53.6 Å². The summed E-state index contributed by atoms with van der Waals surface area (Å²) >= 11 is 5.99. The van der Waals surface area contributed by atoms with E-state index in [1.165, 1.54) is 0 Å². The normalized spacial score (nSPS) is 10.6. The van der Waals surface area contributed by atoms with Gasteiger partial charge in [-0.2, -0.15) is 5.10 Å². The van der Waals surface area contributed by atoms with Crippen molar-refractivity contribution < 1.29 is 4.79 Å². The molecule has 0 saturated heterocycles. The van der Waals surface area contributed by atoms with Crippen LogP contribution in [0.4, 0.5) is 5.69 Å². The second-order valence-electron chi connectivity index (χ2n) is 4.48. The summed E-state index contributed by atoms with van der Waals surface area (Å²) in [5, 5.41) is 7.47. The fraction of sp³-hybridized carbons (Fsp3) is 0.125. The number of aryl methyl sites for hydroxylation is 1. The van der Waals surface area contributed by atoms with Crippen LogP contribution in [0.3, 0.4) is 0 Å². The Balaban J connectivity index is 1.83. The second kappa shape index (κ2) is 7.45. The number of hydrazone groups is 1. The van der Waals surface area contributed by atoms with Crippen molar-refractivity contribution in [2.45, 2.75) is 6.92 Å². The molecule has 0 fully saturated rings. The van der Waals surface area contributed by atoms with E-state index in [0.29, 0.717) is 5.02 Å². The van der Waals surface area contributed by atoms with Crippen LogP contribution in [0.25, 0.3) is 0 Å². The first-order chi connectivity index (χ1) is 10.2. The van der Waals surface area contributed by atoms with Crippen LogP contribution < -0.4 is 10.7 Å². The number of para-hydroxylation sites is 1. The topological polar surface area (TPSA) is 53.5 Å². The highest BCUT2D eigenvalue weighted by Crippen LogP contribution is 2.19. The lowest BCUT2D eigenvalue weighted by Crippen LogP contribution is -2.26. The van der Waals surface area contributed by atoms with E-state index in [4.69, 9.17) is 11.6 Å². The van der Waals surface area contributed by atoms with Gasteiger partial charge in [-0.3, -0.25) is 4.79 Å². The second-order valence-corrected chi connectivity index (χ2v) is 4.89. The smallest absolute Gasteiger partial charge is 0.259 e. The number of rotatable bonds is 5. The molecular weight excluding hydrogens is 286 g/mol. The number of halogens is 1. The number of carbonyl (C=O) groups is 1. The third-order valence-corrected chi connectivity index (χ3v) is 3.22. The van der Waals surface area contributed by atoms with Gasteiger partial charge in [0.2, 0.25) is 0 Å². The van der Waals surface area contributed by atoms with Gasteiger partial charge in [0.15, 0.2) is 0 Å². The number of hydrogen-bond acceptors (Lipinski definition) is 3. The Morgan fingerprint density at radius 1 is 1.19 bits per heavy atom. The van der Waals surface area contributed by atoms with Crippen molar-refractivity contribution in [1.82, 2.24) is 5.43 Å². The molecule has 0 unspecified atom stereocenters. The monoisotopic (exact) mass is 301 g/mol. The third-order valence-electron chi connectivity index (χ3n) is 2.89. The summed E-state index contributed by atoms with van der Waals surface area (Å²) in [6.45, 7) is 2.09. The molecule has 0 aliphatic carbocycles. The van der Waals surface area contributed by atoms with Gasteiger partial charge < -0.3 is 5.32 Å². The van der Waals surface area contributed by atoms with Crippen molar-refractivity contribution in [3.8, 4) is 0 Å². The van der Waals surface area contributed by atoms with E-state index in [1.54, 1.807) is 12.3 Å². The summed E-state index contributed by atoms with van der Waals surface area (Å²) in [5.41, 5.74) is 5.26. The average molecular weight is 302 g/mol. The van der Waals surface area contributed by atoms with Crippen LogP contribution in [0, 0.1) is 6.92 Å². The van der Waals surface area contributed by atoms with Crippen molar-refractivity contribution in [2.75, 3.05) is 11.9 Å². The largest absolute Gasteiger partial charge is 0.375 e. The van der Waals surface area contributed by atoms with Crippen LogP contribution in [-0.2, 0) is 4.79 Å². The highest BCUT2D eigenvalue weighted by atomic mass is 35.5. The minimum absolute atomic E-state index is 0.106. The van der Waals surface area contributed by atoms with Crippen LogP contribution in [0.5, 0.6) is 0 Å². The van der Waals surface area contributed by atoms with Gasteiger partial charge in [-0.05, 0) is 30.2 Å². The van der Waals surface area contributed by atoms with E-state index in [2.05, 4.69) is 15.8 Å². The maximum atomic E-state index is 11.7. The first kappa shape index (κ1) is 15.1. The summed E-state index contributed by atoms with van der Waals surface area (Å²) in [6.07, 6.45) is 1.63. The molecule has 0 aliphatic rings. The fourth-order valence-electron chi connectivity index (χ4n) is 1.73. The van der Waals surface area contributed by atoms with Crippen molar-refractivity contribution in [2.24, 2.45) is 5.10 Å². The van der Waals surface area contributed by atoms with Crippen LogP contribution in [0.2, 0.25) is 5.02 Å². The van der Waals surface area contributed by atoms with Crippen molar-refractivity contribution in [3.63, 3.8) is 0 Å². The highest BCUT2D eigenvalue weighted by Gasteiger charge is 2.02. The number of hydrogen-bond donors (Lipinski definition) is 2. The lowest BCUT2D eigenvalue weighted by Gasteiger charge is -2.06. The lowest BCUT2D eigenvalue weighted by atomic mass is 10.1. The van der Waals surface area contributed by atoms with Crippen LogP contribution in [0.1, 0.15) is 11.1 Å². The zero-order valence-electron chi connectivity index (χ0n) is 11.6. The quantitative estimate of drug-likeness (QED) is 0.658. The van der Waals surface area contributed by atoms with Gasteiger partial charge in [0, 0.05) is 0 Å². The Morgan fingerprint density at radius 2 is 1.90 bits per heavy atom. The van der Waals surface area contributed by atoms with Gasteiger partial charge >= 0.3 is 0 Å². The molecule has 0 aliphatic heterocycles. The molecular formula is C16H16ClN3O. The zero-order valence-corrected chi connectivity index (χ0v) is 12.4. The molecule has 0 heterocycles. The first-order valence-corrected chi connectivity index (χ1v) is 6.90. The number of anilines is 1. The molecule has 0 saturated carbocycles. The maximum Gasteiger partial charge on any atom is 0.259 e. The Bertz CT molecular complexity index is 655. The Labute approximate surface area is 128 Å². The SMILES string of the molecule is Cc1ccccc1C=NNC(=O)CNc1ccccc1Cl. The maximum absolute atomic E-state index is 11.7. The van der Waals surface area contributed by atoms with Gasteiger partial charge in [-0.15, -0.1) is 0 Å². The van der Waals surface area contributed by atoms with E-state index in [-0.39, 0.29) is 12.5 Å². The molecule has 2 rings (SSSR count). The Morgan fingerprint density at radius 3 is 2.67 bits per heavy atom. The Hall–Kier alpha value is -2.33. The van der Waals surface area contributed by atoms with Gasteiger partial charge in [-0.1, -0.05) is 48.0 Å². The summed E-state index contributed by atoms with van der Waals surface area (Å²) in [4.78, 5) is 11.7. The molecule has 2 aromatic rings.